The Kier molecular flexibility index (Phi) is 4.60. The number of likely N-dealkylation sites (tertiary alicyclic amines) is 1. The highest BCUT2D eigenvalue weighted by molar-refractivity contribution is 7.80. The van der Waals surface area contributed by atoms with E-state index < -0.39 is 0 Å². The van der Waals surface area contributed by atoms with Gasteiger partial charge in [0.25, 0.3) is 0 Å². The lowest BCUT2D eigenvalue weighted by atomic mass is 9.75. The summed E-state index contributed by atoms with van der Waals surface area (Å²) in [5.41, 5.74) is 0.554. The van der Waals surface area contributed by atoms with Crippen LogP contribution in [0.25, 0.3) is 0 Å². The molecule has 0 aromatic carbocycles. The lowest BCUT2D eigenvalue weighted by Crippen LogP contribution is -2.44. The molecule has 0 spiro atoms. The summed E-state index contributed by atoms with van der Waals surface area (Å²) in [5, 5.41) is 0. The van der Waals surface area contributed by atoms with Gasteiger partial charge in [-0.1, -0.05) is 26.2 Å². The van der Waals surface area contributed by atoms with E-state index in [4.69, 9.17) is 0 Å². The third-order valence-corrected chi connectivity index (χ3v) is 5.22. The van der Waals surface area contributed by atoms with Crippen molar-refractivity contribution < 1.29 is 0 Å². The number of thiol groups is 1. The molecule has 2 aliphatic rings. The molecule has 1 saturated carbocycles. The van der Waals surface area contributed by atoms with E-state index in [2.05, 4.69) is 24.5 Å². The van der Waals surface area contributed by atoms with Gasteiger partial charge in [0.2, 0.25) is 0 Å². The summed E-state index contributed by atoms with van der Waals surface area (Å²) in [5.74, 6) is 2.01. The Hall–Kier alpha value is 0.310. The van der Waals surface area contributed by atoms with Gasteiger partial charge in [0.15, 0.2) is 0 Å². The summed E-state index contributed by atoms with van der Waals surface area (Å²) in [4.78, 5) is 2.72. The summed E-state index contributed by atoms with van der Waals surface area (Å²) >= 11 is 4.64. The van der Waals surface area contributed by atoms with Gasteiger partial charge in [-0.25, -0.2) is 0 Å². The first-order chi connectivity index (χ1) is 7.74. The smallest absolute Gasteiger partial charge is 0.00459 e. The Morgan fingerprint density at radius 1 is 1.19 bits per heavy atom. The molecule has 16 heavy (non-hydrogen) atoms. The zero-order valence-electron chi connectivity index (χ0n) is 10.7. The van der Waals surface area contributed by atoms with Gasteiger partial charge in [0, 0.05) is 13.1 Å². The maximum atomic E-state index is 4.64. The molecule has 1 aliphatic carbocycles. The Labute approximate surface area is 106 Å². The summed E-state index contributed by atoms with van der Waals surface area (Å²) in [6.45, 7) is 6.39. The average molecular weight is 241 g/mol. The van der Waals surface area contributed by atoms with E-state index >= 15 is 0 Å². The molecule has 1 heterocycles. The molecule has 1 atom stereocenters. The van der Waals surface area contributed by atoms with Crippen molar-refractivity contribution in [2.24, 2.45) is 11.3 Å². The van der Waals surface area contributed by atoms with Crippen LogP contribution in [-0.4, -0.2) is 30.3 Å². The number of piperidine rings is 1. The van der Waals surface area contributed by atoms with E-state index in [1.165, 1.54) is 64.6 Å². The molecular formula is C14H27NS. The monoisotopic (exact) mass is 241 g/mol. The number of hydrogen-bond donors (Lipinski definition) is 1. The van der Waals surface area contributed by atoms with Crippen molar-refractivity contribution in [3.8, 4) is 0 Å². The van der Waals surface area contributed by atoms with Crippen LogP contribution >= 0.6 is 12.6 Å². The van der Waals surface area contributed by atoms with Gasteiger partial charge in [-0.3, -0.25) is 0 Å². The van der Waals surface area contributed by atoms with Crippen LogP contribution in [-0.2, 0) is 0 Å². The lowest BCUT2D eigenvalue weighted by molar-refractivity contribution is 0.0931. The fourth-order valence-electron chi connectivity index (χ4n) is 3.57. The Bertz CT molecular complexity index is 211. The maximum Gasteiger partial charge on any atom is 0.00459 e. The van der Waals surface area contributed by atoms with Crippen molar-refractivity contribution in [3.63, 3.8) is 0 Å². The van der Waals surface area contributed by atoms with E-state index in [0.717, 1.165) is 11.7 Å². The van der Waals surface area contributed by atoms with Gasteiger partial charge < -0.3 is 4.90 Å². The summed E-state index contributed by atoms with van der Waals surface area (Å²) in [6, 6.07) is 0. The molecule has 0 N–H and O–H groups in total. The van der Waals surface area contributed by atoms with Gasteiger partial charge >= 0.3 is 0 Å². The minimum atomic E-state index is 0.554. The third kappa shape index (κ3) is 3.16. The lowest BCUT2D eigenvalue weighted by Gasteiger charge is -2.42. The van der Waals surface area contributed by atoms with E-state index in [1.807, 2.05) is 0 Å². The van der Waals surface area contributed by atoms with Crippen LogP contribution < -0.4 is 0 Å². The predicted molar refractivity (Wildman–Crippen MR) is 74.2 cm³/mol. The molecule has 1 aliphatic heterocycles. The van der Waals surface area contributed by atoms with Crippen molar-refractivity contribution in [3.05, 3.63) is 0 Å². The minimum absolute atomic E-state index is 0.554. The average Bonchev–Trinajstić information content (AvgIpc) is 2.30. The topological polar surface area (TPSA) is 3.24 Å². The van der Waals surface area contributed by atoms with E-state index in [-0.39, 0.29) is 0 Å². The van der Waals surface area contributed by atoms with Crippen molar-refractivity contribution >= 4 is 12.6 Å². The zero-order valence-corrected chi connectivity index (χ0v) is 11.6. The molecule has 2 heteroatoms. The standard InChI is InChI=1S/C14H27NS/c1-13-6-5-9-15(10-13)11-14(12-16)7-3-2-4-8-14/h13,16H,2-12H2,1H3. The fraction of sp³-hybridized carbons (Fsp3) is 1.00. The first-order valence-corrected chi connectivity index (χ1v) is 7.71. The molecule has 2 fully saturated rings. The van der Waals surface area contributed by atoms with E-state index in [0.29, 0.717) is 5.41 Å². The Balaban J connectivity index is 1.89. The molecule has 1 unspecified atom stereocenters. The molecule has 0 amide bonds. The third-order valence-electron chi connectivity index (χ3n) is 4.55. The van der Waals surface area contributed by atoms with Crippen LogP contribution in [0.1, 0.15) is 51.9 Å². The summed E-state index contributed by atoms with van der Waals surface area (Å²) in [7, 11) is 0. The fourth-order valence-corrected chi connectivity index (χ4v) is 3.99. The first kappa shape index (κ1) is 12.8. The van der Waals surface area contributed by atoms with Crippen molar-refractivity contribution in [2.45, 2.75) is 51.9 Å². The number of rotatable bonds is 3. The highest BCUT2D eigenvalue weighted by atomic mass is 32.1. The van der Waals surface area contributed by atoms with Crippen LogP contribution in [0, 0.1) is 11.3 Å². The maximum absolute atomic E-state index is 4.64. The highest BCUT2D eigenvalue weighted by Crippen LogP contribution is 2.38. The van der Waals surface area contributed by atoms with Crippen LogP contribution in [0.3, 0.4) is 0 Å². The predicted octanol–water partition coefficient (Wildman–Crippen LogP) is 3.60. The van der Waals surface area contributed by atoms with Gasteiger partial charge in [-0.05, 0) is 49.3 Å². The largest absolute Gasteiger partial charge is 0.302 e. The Morgan fingerprint density at radius 3 is 2.56 bits per heavy atom. The summed E-state index contributed by atoms with van der Waals surface area (Å²) < 4.78 is 0. The first-order valence-electron chi connectivity index (χ1n) is 7.07. The van der Waals surface area contributed by atoms with Crippen LogP contribution in [0.5, 0.6) is 0 Å². The molecule has 1 saturated heterocycles. The van der Waals surface area contributed by atoms with Crippen LogP contribution in [0.4, 0.5) is 0 Å². The number of nitrogens with zero attached hydrogens (tertiary/aromatic N) is 1. The SMILES string of the molecule is CC1CCCN(CC2(CS)CCCCC2)C1. The summed E-state index contributed by atoms with van der Waals surface area (Å²) in [6.07, 6.45) is 10.00. The quantitative estimate of drug-likeness (QED) is 0.739. The normalized spacial score (nSPS) is 31.5. The van der Waals surface area contributed by atoms with Crippen LogP contribution in [0.2, 0.25) is 0 Å². The van der Waals surface area contributed by atoms with Gasteiger partial charge in [-0.2, -0.15) is 12.6 Å². The van der Waals surface area contributed by atoms with Crippen molar-refractivity contribution in [1.29, 1.82) is 0 Å². The Morgan fingerprint density at radius 2 is 1.94 bits per heavy atom. The molecule has 0 radical (unpaired) electrons. The molecular weight excluding hydrogens is 214 g/mol. The molecule has 0 aromatic rings. The molecule has 1 nitrogen and oxygen atoms in total. The van der Waals surface area contributed by atoms with Gasteiger partial charge in [0.05, 0.1) is 0 Å². The highest BCUT2D eigenvalue weighted by Gasteiger charge is 2.33. The van der Waals surface area contributed by atoms with E-state index in [9.17, 15) is 0 Å². The second-order valence-electron chi connectivity index (χ2n) is 6.20. The second-order valence-corrected chi connectivity index (χ2v) is 6.52. The van der Waals surface area contributed by atoms with Gasteiger partial charge in [0.1, 0.15) is 0 Å². The molecule has 94 valence electrons. The van der Waals surface area contributed by atoms with Crippen molar-refractivity contribution in [1.82, 2.24) is 4.90 Å². The molecule has 0 bridgehead atoms. The minimum Gasteiger partial charge on any atom is -0.302 e. The van der Waals surface area contributed by atoms with Gasteiger partial charge in [-0.15, -0.1) is 0 Å². The molecule has 2 rings (SSSR count). The molecule has 0 aromatic heterocycles. The van der Waals surface area contributed by atoms with Crippen LogP contribution in [0.15, 0.2) is 0 Å². The van der Waals surface area contributed by atoms with Crippen molar-refractivity contribution in [2.75, 3.05) is 25.4 Å². The number of hydrogen-bond acceptors (Lipinski definition) is 2. The zero-order chi connectivity index (χ0) is 11.4. The van der Waals surface area contributed by atoms with E-state index in [1.54, 1.807) is 0 Å². The second kappa shape index (κ2) is 5.77.